The standard InChI is InChI=1S/C20H25ClN2O4/c21-16-11-14(3-4-17(16)22-7-1-2-8-22)18(24)23-12-15(19(25)26)20(13-23)5-9-27-10-6-20/h3-4,11,15H,1-2,5-10,12-13H2,(H,25,26). The topological polar surface area (TPSA) is 70.1 Å². The zero-order valence-electron chi connectivity index (χ0n) is 15.3. The molecule has 1 aromatic rings. The van der Waals surface area contributed by atoms with Crippen LogP contribution in [0.1, 0.15) is 36.0 Å². The third kappa shape index (κ3) is 3.41. The van der Waals surface area contributed by atoms with E-state index >= 15 is 0 Å². The average molecular weight is 393 g/mol. The van der Waals surface area contributed by atoms with Crippen molar-refractivity contribution in [3.8, 4) is 0 Å². The number of carbonyl (C=O) groups excluding carboxylic acids is 1. The van der Waals surface area contributed by atoms with Crippen LogP contribution in [0.3, 0.4) is 0 Å². The van der Waals surface area contributed by atoms with Crippen molar-refractivity contribution in [1.82, 2.24) is 4.90 Å². The SMILES string of the molecule is O=C(O)C1CN(C(=O)c2ccc(N3CCCC3)c(Cl)c2)CC12CCOCC2. The van der Waals surface area contributed by atoms with Gasteiger partial charge < -0.3 is 19.6 Å². The number of hydrogen-bond donors (Lipinski definition) is 1. The summed E-state index contributed by atoms with van der Waals surface area (Å²) in [5.41, 5.74) is 1.12. The van der Waals surface area contributed by atoms with Gasteiger partial charge in [0.25, 0.3) is 5.91 Å². The summed E-state index contributed by atoms with van der Waals surface area (Å²) in [7, 11) is 0. The molecule has 0 radical (unpaired) electrons. The van der Waals surface area contributed by atoms with Crippen LogP contribution in [0.5, 0.6) is 0 Å². The first-order chi connectivity index (χ1) is 13.0. The minimum absolute atomic E-state index is 0.139. The maximum atomic E-state index is 13.1. The molecular weight excluding hydrogens is 368 g/mol. The van der Waals surface area contributed by atoms with Crippen LogP contribution < -0.4 is 4.90 Å². The number of carboxylic acids is 1. The lowest BCUT2D eigenvalue weighted by molar-refractivity contribution is -0.146. The number of nitrogens with zero attached hydrogens (tertiary/aromatic N) is 2. The maximum Gasteiger partial charge on any atom is 0.308 e. The van der Waals surface area contributed by atoms with Crippen LogP contribution in [0.15, 0.2) is 18.2 Å². The van der Waals surface area contributed by atoms with E-state index in [2.05, 4.69) is 4.90 Å². The number of carbonyl (C=O) groups is 2. The monoisotopic (exact) mass is 392 g/mol. The van der Waals surface area contributed by atoms with Crippen molar-refractivity contribution < 1.29 is 19.4 Å². The maximum absolute atomic E-state index is 13.1. The predicted molar refractivity (Wildman–Crippen MR) is 102 cm³/mol. The van der Waals surface area contributed by atoms with Crippen molar-refractivity contribution in [3.05, 3.63) is 28.8 Å². The van der Waals surface area contributed by atoms with E-state index in [0.29, 0.717) is 43.2 Å². The van der Waals surface area contributed by atoms with Gasteiger partial charge in [0.15, 0.2) is 0 Å². The van der Waals surface area contributed by atoms with Crippen LogP contribution in [0.25, 0.3) is 0 Å². The largest absolute Gasteiger partial charge is 0.481 e. The molecule has 27 heavy (non-hydrogen) atoms. The molecule has 3 fully saturated rings. The van der Waals surface area contributed by atoms with E-state index in [1.165, 1.54) is 0 Å². The first-order valence-electron chi connectivity index (χ1n) is 9.64. The van der Waals surface area contributed by atoms with Gasteiger partial charge in [0, 0.05) is 50.4 Å². The van der Waals surface area contributed by atoms with Crippen molar-refractivity contribution in [2.24, 2.45) is 11.3 Å². The number of benzene rings is 1. The molecule has 0 saturated carbocycles. The molecule has 7 heteroatoms. The number of amides is 1. The van der Waals surface area contributed by atoms with Crippen LogP contribution in [-0.4, -0.2) is 61.3 Å². The highest BCUT2D eigenvalue weighted by molar-refractivity contribution is 6.33. The molecule has 6 nitrogen and oxygen atoms in total. The van der Waals surface area contributed by atoms with Crippen LogP contribution in [0, 0.1) is 11.3 Å². The molecule has 0 aliphatic carbocycles. The number of ether oxygens (including phenoxy) is 1. The van der Waals surface area contributed by atoms with Gasteiger partial charge in [0.2, 0.25) is 0 Å². The third-order valence-electron chi connectivity index (χ3n) is 6.36. The van der Waals surface area contributed by atoms with Crippen LogP contribution in [0.2, 0.25) is 5.02 Å². The minimum atomic E-state index is -0.824. The van der Waals surface area contributed by atoms with E-state index in [0.717, 1.165) is 31.6 Å². The number of likely N-dealkylation sites (tertiary alicyclic amines) is 1. The molecule has 1 spiro atoms. The fraction of sp³-hybridized carbons (Fsp3) is 0.600. The highest BCUT2D eigenvalue weighted by atomic mass is 35.5. The number of halogens is 1. The van der Waals surface area contributed by atoms with Gasteiger partial charge in [0.1, 0.15) is 0 Å². The summed E-state index contributed by atoms with van der Waals surface area (Å²) in [6.45, 7) is 3.82. The average Bonchev–Trinajstić information content (AvgIpc) is 3.30. The Bertz CT molecular complexity index is 741. The summed E-state index contributed by atoms with van der Waals surface area (Å²) in [5, 5.41) is 10.3. The summed E-state index contributed by atoms with van der Waals surface area (Å²) in [6, 6.07) is 5.45. The van der Waals surface area contributed by atoms with Crippen molar-refractivity contribution in [3.63, 3.8) is 0 Å². The Balaban J connectivity index is 1.54. The Morgan fingerprint density at radius 3 is 2.52 bits per heavy atom. The first-order valence-corrected chi connectivity index (χ1v) is 10.0. The lowest BCUT2D eigenvalue weighted by Gasteiger charge is -2.36. The van der Waals surface area contributed by atoms with Gasteiger partial charge in [0.05, 0.1) is 16.6 Å². The molecule has 1 atom stereocenters. The molecule has 3 aliphatic heterocycles. The normalized spacial score (nSPS) is 24.6. The summed E-state index contributed by atoms with van der Waals surface area (Å²) in [5.74, 6) is -1.50. The molecule has 1 unspecified atom stereocenters. The van der Waals surface area contributed by atoms with Crippen LogP contribution >= 0.6 is 11.6 Å². The Labute approximate surface area is 164 Å². The summed E-state index contributed by atoms with van der Waals surface area (Å²) in [4.78, 5) is 28.8. The second-order valence-electron chi connectivity index (χ2n) is 7.91. The van der Waals surface area contributed by atoms with Crippen molar-refractivity contribution in [2.45, 2.75) is 25.7 Å². The van der Waals surface area contributed by atoms with Crippen LogP contribution in [-0.2, 0) is 9.53 Å². The molecule has 0 bridgehead atoms. The van der Waals surface area contributed by atoms with E-state index in [9.17, 15) is 14.7 Å². The Morgan fingerprint density at radius 1 is 1.19 bits per heavy atom. The molecule has 3 saturated heterocycles. The molecule has 1 aromatic carbocycles. The quantitative estimate of drug-likeness (QED) is 0.856. The van der Waals surface area contributed by atoms with Crippen molar-refractivity contribution >= 4 is 29.2 Å². The summed E-state index contributed by atoms with van der Waals surface area (Å²) < 4.78 is 5.42. The summed E-state index contributed by atoms with van der Waals surface area (Å²) >= 11 is 6.46. The number of anilines is 1. The lowest BCUT2D eigenvalue weighted by atomic mass is 9.72. The van der Waals surface area contributed by atoms with Gasteiger partial charge >= 0.3 is 5.97 Å². The summed E-state index contributed by atoms with van der Waals surface area (Å²) in [6.07, 6.45) is 3.69. The minimum Gasteiger partial charge on any atom is -0.481 e. The van der Waals surface area contributed by atoms with Gasteiger partial charge in [-0.1, -0.05) is 11.6 Å². The second-order valence-corrected chi connectivity index (χ2v) is 8.32. The predicted octanol–water partition coefficient (Wildman–Crippen LogP) is 2.89. The van der Waals surface area contributed by atoms with Gasteiger partial charge in [-0.25, -0.2) is 0 Å². The Kier molecular flexibility index (Phi) is 5.03. The fourth-order valence-electron chi connectivity index (χ4n) is 4.79. The highest BCUT2D eigenvalue weighted by Crippen LogP contribution is 2.45. The molecule has 3 heterocycles. The number of hydrogen-bond acceptors (Lipinski definition) is 4. The Hall–Kier alpha value is -1.79. The molecular formula is C20H25ClN2O4. The zero-order chi connectivity index (χ0) is 19.0. The van der Waals surface area contributed by atoms with Crippen LogP contribution in [0.4, 0.5) is 5.69 Å². The molecule has 1 amide bonds. The van der Waals surface area contributed by atoms with Crippen molar-refractivity contribution in [2.75, 3.05) is 44.3 Å². The van der Waals surface area contributed by atoms with E-state index < -0.39 is 11.9 Å². The molecule has 0 aromatic heterocycles. The molecule has 1 N–H and O–H groups in total. The van der Waals surface area contributed by atoms with E-state index in [4.69, 9.17) is 16.3 Å². The van der Waals surface area contributed by atoms with E-state index in [1.54, 1.807) is 11.0 Å². The lowest BCUT2D eigenvalue weighted by Crippen LogP contribution is -2.40. The zero-order valence-corrected chi connectivity index (χ0v) is 16.1. The molecule has 4 rings (SSSR count). The number of aliphatic carboxylic acids is 1. The highest BCUT2D eigenvalue weighted by Gasteiger charge is 2.52. The number of rotatable bonds is 3. The molecule has 3 aliphatic rings. The van der Waals surface area contributed by atoms with E-state index in [-0.39, 0.29) is 17.9 Å². The number of carboxylic acid groups (broad SMARTS) is 1. The Morgan fingerprint density at radius 2 is 1.89 bits per heavy atom. The first kappa shape index (κ1) is 18.6. The van der Waals surface area contributed by atoms with Gasteiger partial charge in [-0.15, -0.1) is 0 Å². The smallest absolute Gasteiger partial charge is 0.308 e. The van der Waals surface area contributed by atoms with Crippen molar-refractivity contribution in [1.29, 1.82) is 0 Å². The van der Waals surface area contributed by atoms with Gasteiger partial charge in [-0.3, -0.25) is 9.59 Å². The second kappa shape index (κ2) is 7.32. The van der Waals surface area contributed by atoms with Gasteiger partial charge in [-0.05, 0) is 43.9 Å². The van der Waals surface area contributed by atoms with E-state index in [1.807, 2.05) is 12.1 Å². The fourth-order valence-corrected chi connectivity index (χ4v) is 5.09. The third-order valence-corrected chi connectivity index (χ3v) is 6.67. The van der Waals surface area contributed by atoms with Gasteiger partial charge in [-0.2, -0.15) is 0 Å². The molecule has 146 valence electrons.